The first kappa shape index (κ1) is 6.46. The molecule has 0 radical (unpaired) electrons. The number of allylic oxidation sites excluding steroid dienone is 2. The molecular formula is C10H12N2. The van der Waals surface area contributed by atoms with Crippen molar-refractivity contribution < 1.29 is 0 Å². The van der Waals surface area contributed by atoms with E-state index >= 15 is 0 Å². The smallest absolute Gasteiger partial charge is 0.0979 e. The maximum atomic E-state index is 4.41. The SMILES string of the molecule is CC1=NCC2=C(C=CC3CC23)N1. The van der Waals surface area contributed by atoms with Gasteiger partial charge < -0.3 is 5.32 Å². The molecule has 0 aromatic carbocycles. The number of aliphatic imine (C=N–C) groups is 1. The number of fused-ring (bicyclic) bond motifs is 2. The molecule has 12 heavy (non-hydrogen) atoms. The van der Waals surface area contributed by atoms with Crippen molar-refractivity contribution in [1.29, 1.82) is 0 Å². The Morgan fingerprint density at radius 1 is 1.58 bits per heavy atom. The third-order valence-corrected chi connectivity index (χ3v) is 2.95. The zero-order valence-corrected chi connectivity index (χ0v) is 7.17. The zero-order valence-electron chi connectivity index (χ0n) is 7.17. The molecule has 1 heterocycles. The maximum absolute atomic E-state index is 4.41. The van der Waals surface area contributed by atoms with Gasteiger partial charge in [0.1, 0.15) is 0 Å². The molecule has 1 N–H and O–H groups in total. The van der Waals surface area contributed by atoms with Crippen molar-refractivity contribution in [1.82, 2.24) is 5.32 Å². The second-order valence-electron chi connectivity index (χ2n) is 3.83. The first-order valence-electron chi connectivity index (χ1n) is 4.54. The molecule has 0 aromatic heterocycles. The molecule has 2 nitrogen and oxygen atoms in total. The second kappa shape index (κ2) is 2.00. The Balaban J connectivity index is 1.97. The van der Waals surface area contributed by atoms with Gasteiger partial charge in [-0.3, -0.25) is 4.99 Å². The number of rotatable bonds is 0. The van der Waals surface area contributed by atoms with Crippen molar-refractivity contribution in [3.8, 4) is 0 Å². The predicted molar refractivity (Wildman–Crippen MR) is 48.9 cm³/mol. The monoisotopic (exact) mass is 160 g/mol. The zero-order chi connectivity index (χ0) is 8.13. The van der Waals surface area contributed by atoms with E-state index in [9.17, 15) is 0 Å². The van der Waals surface area contributed by atoms with E-state index in [1.54, 1.807) is 0 Å². The molecular weight excluding hydrogens is 148 g/mol. The molecule has 2 aliphatic carbocycles. The van der Waals surface area contributed by atoms with Crippen molar-refractivity contribution >= 4 is 5.84 Å². The normalized spacial score (nSPS) is 36.6. The topological polar surface area (TPSA) is 24.4 Å². The summed E-state index contributed by atoms with van der Waals surface area (Å²) >= 11 is 0. The summed E-state index contributed by atoms with van der Waals surface area (Å²) in [4.78, 5) is 4.41. The average molecular weight is 160 g/mol. The van der Waals surface area contributed by atoms with Crippen LogP contribution in [0, 0.1) is 11.8 Å². The number of hydrogen-bond donors (Lipinski definition) is 1. The van der Waals surface area contributed by atoms with Crippen LogP contribution in [0.25, 0.3) is 0 Å². The Hall–Kier alpha value is -1.05. The Bertz CT molecular complexity index is 323. The molecule has 2 heteroatoms. The highest BCUT2D eigenvalue weighted by atomic mass is 15.0. The van der Waals surface area contributed by atoms with Gasteiger partial charge in [-0.1, -0.05) is 6.08 Å². The molecule has 1 fully saturated rings. The molecule has 1 aliphatic heterocycles. The number of hydrogen-bond acceptors (Lipinski definition) is 2. The van der Waals surface area contributed by atoms with E-state index in [2.05, 4.69) is 22.5 Å². The highest BCUT2D eigenvalue weighted by molar-refractivity contribution is 5.83. The fourth-order valence-electron chi connectivity index (χ4n) is 2.12. The largest absolute Gasteiger partial charge is 0.344 e. The summed E-state index contributed by atoms with van der Waals surface area (Å²) in [6, 6.07) is 0. The van der Waals surface area contributed by atoms with Crippen molar-refractivity contribution in [2.75, 3.05) is 6.54 Å². The van der Waals surface area contributed by atoms with Crippen LogP contribution in [-0.2, 0) is 0 Å². The molecule has 3 rings (SSSR count). The summed E-state index contributed by atoms with van der Waals surface area (Å²) in [6.45, 7) is 2.95. The molecule has 0 aromatic rings. The number of amidine groups is 1. The Kier molecular flexibility index (Phi) is 1.08. The molecule has 0 amide bonds. The van der Waals surface area contributed by atoms with Crippen LogP contribution in [-0.4, -0.2) is 12.4 Å². The molecule has 0 spiro atoms. The highest BCUT2D eigenvalue weighted by Crippen LogP contribution is 2.49. The molecule has 3 aliphatic rings. The lowest BCUT2D eigenvalue weighted by Crippen LogP contribution is -2.27. The van der Waals surface area contributed by atoms with Crippen molar-refractivity contribution in [2.24, 2.45) is 16.8 Å². The third kappa shape index (κ3) is 0.779. The predicted octanol–water partition coefficient (Wildman–Crippen LogP) is 1.47. The Morgan fingerprint density at radius 2 is 2.50 bits per heavy atom. The van der Waals surface area contributed by atoms with Gasteiger partial charge in [0, 0.05) is 5.70 Å². The van der Waals surface area contributed by atoms with Gasteiger partial charge in [-0.25, -0.2) is 0 Å². The second-order valence-corrected chi connectivity index (χ2v) is 3.83. The quantitative estimate of drug-likeness (QED) is 0.570. The summed E-state index contributed by atoms with van der Waals surface area (Å²) in [5, 5.41) is 3.32. The molecule has 2 unspecified atom stereocenters. The summed E-state index contributed by atoms with van der Waals surface area (Å²) in [7, 11) is 0. The van der Waals surface area contributed by atoms with Crippen molar-refractivity contribution in [3.63, 3.8) is 0 Å². The van der Waals surface area contributed by atoms with E-state index in [1.807, 2.05) is 6.92 Å². The lowest BCUT2D eigenvalue weighted by atomic mass is 10.0. The van der Waals surface area contributed by atoms with Crippen LogP contribution >= 0.6 is 0 Å². The van der Waals surface area contributed by atoms with E-state index in [1.165, 1.54) is 17.7 Å². The van der Waals surface area contributed by atoms with Crippen LogP contribution < -0.4 is 5.32 Å². The van der Waals surface area contributed by atoms with Gasteiger partial charge in [-0.15, -0.1) is 0 Å². The highest BCUT2D eigenvalue weighted by Gasteiger charge is 2.41. The molecule has 62 valence electrons. The van der Waals surface area contributed by atoms with Crippen LogP contribution in [0.3, 0.4) is 0 Å². The molecule has 2 atom stereocenters. The van der Waals surface area contributed by atoms with E-state index < -0.39 is 0 Å². The average Bonchev–Trinajstić information content (AvgIpc) is 2.82. The Morgan fingerprint density at radius 3 is 3.42 bits per heavy atom. The number of nitrogens with zero attached hydrogens (tertiary/aromatic N) is 1. The first-order chi connectivity index (χ1) is 5.84. The number of nitrogens with one attached hydrogen (secondary N) is 1. The summed E-state index contributed by atoms with van der Waals surface area (Å²) in [5.41, 5.74) is 2.86. The van der Waals surface area contributed by atoms with E-state index in [4.69, 9.17) is 0 Å². The minimum absolute atomic E-state index is 0.828. The fraction of sp³-hybridized carbons (Fsp3) is 0.500. The molecule has 1 saturated carbocycles. The van der Waals surface area contributed by atoms with Gasteiger partial charge in [-0.05, 0) is 36.8 Å². The lowest BCUT2D eigenvalue weighted by molar-refractivity contribution is 0.811. The third-order valence-electron chi connectivity index (χ3n) is 2.95. The van der Waals surface area contributed by atoms with Crippen molar-refractivity contribution in [3.05, 3.63) is 23.4 Å². The van der Waals surface area contributed by atoms with Crippen LogP contribution in [0.4, 0.5) is 0 Å². The molecule has 0 saturated heterocycles. The first-order valence-corrected chi connectivity index (χ1v) is 4.54. The van der Waals surface area contributed by atoms with Crippen LogP contribution in [0.5, 0.6) is 0 Å². The minimum atomic E-state index is 0.828. The van der Waals surface area contributed by atoms with E-state index in [0.29, 0.717) is 0 Å². The van der Waals surface area contributed by atoms with Gasteiger partial charge in [0.15, 0.2) is 0 Å². The standard InChI is InChI=1S/C10H12N2/c1-6-11-5-9-8-4-7(8)2-3-10(9)12-6/h2-3,7-8H,4-5H2,1H3,(H,11,12). The lowest BCUT2D eigenvalue weighted by Gasteiger charge is -2.20. The maximum Gasteiger partial charge on any atom is 0.0979 e. The fourth-order valence-corrected chi connectivity index (χ4v) is 2.12. The van der Waals surface area contributed by atoms with E-state index in [0.717, 1.165) is 24.2 Å². The van der Waals surface area contributed by atoms with Gasteiger partial charge in [0.25, 0.3) is 0 Å². The van der Waals surface area contributed by atoms with Crippen LogP contribution in [0.15, 0.2) is 28.4 Å². The molecule has 0 bridgehead atoms. The Labute approximate surface area is 72.1 Å². The summed E-state index contributed by atoms with van der Waals surface area (Å²) in [6.07, 6.45) is 5.91. The van der Waals surface area contributed by atoms with Gasteiger partial charge in [0.2, 0.25) is 0 Å². The van der Waals surface area contributed by atoms with Gasteiger partial charge >= 0.3 is 0 Å². The van der Waals surface area contributed by atoms with Crippen LogP contribution in [0.2, 0.25) is 0 Å². The summed E-state index contributed by atoms with van der Waals surface area (Å²) < 4.78 is 0. The van der Waals surface area contributed by atoms with Crippen LogP contribution in [0.1, 0.15) is 13.3 Å². The summed E-state index contributed by atoms with van der Waals surface area (Å²) in [5.74, 6) is 2.73. The van der Waals surface area contributed by atoms with E-state index in [-0.39, 0.29) is 0 Å². The van der Waals surface area contributed by atoms with Gasteiger partial charge in [0.05, 0.1) is 12.4 Å². The van der Waals surface area contributed by atoms with Gasteiger partial charge in [-0.2, -0.15) is 0 Å². The minimum Gasteiger partial charge on any atom is -0.344 e. The van der Waals surface area contributed by atoms with Crippen molar-refractivity contribution in [2.45, 2.75) is 13.3 Å².